The molecule has 3 heteroatoms. The largest absolute Gasteiger partial charge is 0.285 e. The molecule has 0 saturated heterocycles. The van der Waals surface area contributed by atoms with Crippen LogP contribution in [0.5, 0.6) is 0 Å². The first kappa shape index (κ1) is 5.46. The maximum atomic E-state index is 8.26. The highest BCUT2D eigenvalue weighted by atomic mass is 35.5. The van der Waals surface area contributed by atoms with Gasteiger partial charge in [0, 0.05) is 24.2 Å². The summed E-state index contributed by atoms with van der Waals surface area (Å²) < 4.78 is 0. The minimum atomic E-state index is 0.745. The van der Waals surface area contributed by atoms with Gasteiger partial charge in [-0.2, -0.15) is 5.26 Å². The van der Waals surface area contributed by atoms with E-state index in [0.717, 1.165) is 18.0 Å². The van der Waals surface area contributed by atoms with E-state index in [1.165, 1.54) is 4.90 Å². The van der Waals surface area contributed by atoms with Crippen LogP contribution in [-0.2, 0) is 0 Å². The van der Waals surface area contributed by atoms with Gasteiger partial charge < -0.3 is 0 Å². The summed E-state index contributed by atoms with van der Waals surface area (Å²) in [4.78, 5) is 1.52. The van der Waals surface area contributed by atoms with E-state index in [1.54, 1.807) is 6.20 Å². The second-order valence-electron chi connectivity index (χ2n) is 1.62. The van der Waals surface area contributed by atoms with Gasteiger partial charge in [-0.25, -0.2) is 0 Å². The lowest BCUT2D eigenvalue weighted by molar-refractivity contribution is 0.569. The lowest BCUT2D eigenvalue weighted by Crippen LogP contribution is -2.04. The summed E-state index contributed by atoms with van der Waals surface area (Å²) in [6, 6.07) is 0. The molecule has 42 valence electrons. The normalized spacial score (nSPS) is 18.0. The van der Waals surface area contributed by atoms with Crippen LogP contribution in [0.4, 0.5) is 0 Å². The zero-order valence-corrected chi connectivity index (χ0v) is 5.02. The molecular formula is C5H5ClN2. The van der Waals surface area contributed by atoms with Gasteiger partial charge in [0.05, 0.1) is 0 Å². The predicted molar refractivity (Wildman–Crippen MR) is 30.9 cm³/mol. The second kappa shape index (κ2) is 2.06. The van der Waals surface area contributed by atoms with E-state index in [-0.39, 0.29) is 0 Å². The van der Waals surface area contributed by atoms with Crippen molar-refractivity contribution >= 4 is 11.6 Å². The Morgan fingerprint density at radius 1 is 1.88 bits per heavy atom. The van der Waals surface area contributed by atoms with Crippen LogP contribution in [0.25, 0.3) is 0 Å². The summed E-state index contributed by atoms with van der Waals surface area (Å²) in [5, 5.41) is 9.03. The fourth-order valence-corrected chi connectivity index (χ4v) is 0.807. The first-order valence-electron chi connectivity index (χ1n) is 2.35. The first-order valence-corrected chi connectivity index (χ1v) is 2.73. The van der Waals surface area contributed by atoms with Crippen molar-refractivity contribution in [3.8, 4) is 6.19 Å². The van der Waals surface area contributed by atoms with E-state index in [9.17, 15) is 0 Å². The zero-order valence-electron chi connectivity index (χ0n) is 4.26. The topological polar surface area (TPSA) is 27.0 Å². The maximum absolute atomic E-state index is 8.26. The van der Waals surface area contributed by atoms with E-state index < -0.39 is 0 Å². The van der Waals surface area contributed by atoms with Crippen molar-refractivity contribution in [3.63, 3.8) is 0 Å². The SMILES string of the molecule is N#CN1C=C(Cl)CC1. The van der Waals surface area contributed by atoms with Gasteiger partial charge in [0.25, 0.3) is 0 Å². The van der Waals surface area contributed by atoms with Crippen molar-refractivity contribution < 1.29 is 0 Å². The molecule has 0 aromatic rings. The lowest BCUT2D eigenvalue weighted by atomic mass is 10.5. The van der Waals surface area contributed by atoms with E-state index in [0.29, 0.717) is 0 Å². The van der Waals surface area contributed by atoms with Crippen molar-refractivity contribution in [1.29, 1.82) is 5.26 Å². The summed E-state index contributed by atoms with van der Waals surface area (Å²) in [5.74, 6) is 0. The van der Waals surface area contributed by atoms with Gasteiger partial charge in [-0.3, -0.25) is 4.90 Å². The predicted octanol–water partition coefficient (Wildman–Crippen LogP) is 1.25. The van der Waals surface area contributed by atoms with Crippen LogP contribution in [-0.4, -0.2) is 11.4 Å². The molecule has 0 aromatic carbocycles. The van der Waals surface area contributed by atoms with Gasteiger partial charge in [0.15, 0.2) is 6.19 Å². The third-order valence-electron chi connectivity index (χ3n) is 1.02. The minimum Gasteiger partial charge on any atom is -0.285 e. The molecule has 0 spiro atoms. The summed E-state index contributed by atoms with van der Waals surface area (Å²) in [6.07, 6.45) is 4.44. The average Bonchev–Trinajstić information content (AvgIpc) is 2.14. The smallest absolute Gasteiger partial charge is 0.183 e. The standard InChI is InChI=1S/C5H5ClN2/c6-5-1-2-8(3-5)4-7/h3H,1-2H2. The van der Waals surface area contributed by atoms with Crippen molar-refractivity contribution in [2.24, 2.45) is 0 Å². The molecule has 0 amide bonds. The highest BCUT2D eigenvalue weighted by Gasteiger charge is 2.07. The number of hydrogen-bond donors (Lipinski definition) is 0. The number of halogens is 1. The van der Waals surface area contributed by atoms with Crippen LogP contribution in [0.1, 0.15) is 6.42 Å². The molecule has 1 rings (SSSR count). The van der Waals surface area contributed by atoms with Crippen molar-refractivity contribution in [3.05, 3.63) is 11.2 Å². The fourth-order valence-electron chi connectivity index (χ4n) is 0.604. The van der Waals surface area contributed by atoms with Gasteiger partial charge in [0.1, 0.15) is 0 Å². The third kappa shape index (κ3) is 0.932. The summed E-state index contributed by atoms with van der Waals surface area (Å²) in [6.45, 7) is 0.745. The Labute approximate surface area is 53.0 Å². The minimum absolute atomic E-state index is 0.745. The molecule has 1 aliphatic heterocycles. The van der Waals surface area contributed by atoms with Crippen LogP contribution in [0.2, 0.25) is 0 Å². The van der Waals surface area contributed by atoms with Crippen LogP contribution in [0, 0.1) is 11.5 Å². The molecule has 0 bridgehead atoms. The Morgan fingerprint density at radius 3 is 2.88 bits per heavy atom. The molecule has 8 heavy (non-hydrogen) atoms. The zero-order chi connectivity index (χ0) is 5.98. The molecule has 0 saturated carbocycles. The van der Waals surface area contributed by atoms with E-state index in [4.69, 9.17) is 16.9 Å². The first-order chi connectivity index (χ1) is 3.83. The molecule has 0 radical (unpaired) electrons. The highest BCUT2D eigenvalue weighted by Crippen LogP contribution is 2.15. The summed E-state index contributed by atoms with van der Waals surface area (Å²) >= 11 is 5.55. The summed E-state index contributed by atoms with van der Waals surface area (Å²) in [7, 11) is 0. The Morgan fingerprint density at radius 2 is 2.62 bits per heavy atom. The van der Waals surface area contributed by atoms with Gasteiger partial charge in [0.2, 0.25) is 0 Å². The lowest BCUT2D eigenvalue weighted by Gasteiger charge is -1.96. The number of rotatable bonds is 0. The van der Waals surface area contributed by atoms with Gasteiger partial charge in [-0.15, -0.1) is 0 Å². The fraction of sp³-hybridized carbons (Fsp3) is 0.400. The van der Waals surface area contributed by atoms with Gasteiger partial charge in [-0.05, 0) is 0 Å². The Balaban J connectivity index is 2.57. The third-order valence-corrected chi connectivity index (χ3v) is 1.30. The molecule has 0 atom stereocenters. The van der Waals surface area contributed by atoms with E-state index in [1.807, 2.05) is 6.19 Å². The van der Waals surface area contributed by atoms with Gasteiger partial charge >= 0.3 is 0 Å². The van der Waals surface area contributed by atoms with Crippen LogP contribution < -0.4 is 0 Å². The van der Waals surface area contributed by atoms with Crippen molar-refractivity contribution in [2.45, 2.75) is 6.42 Å². The molecule has 2 nitrogen and oxygen atoms in total. The van der Waals surface area contributed by atoms with Crippen molar-refractivity contribution in [2.75, 3.05) is 6.54 Å². The Bertz CT molecular complexity index is 156. The van der Waals surface area contributed by atoms with Crippen LogP contribution in [0.3, 0.4) is 0 Å². The monoisotopic (exact) mass is 128 g/mol. The highest BCUT2D eigenvalue weighted by molar-refractivity contribution is 6.29. The second-order valence-corrected chi connectivity index (χ2v) is 2.10. The van der Waals surface area contributed by atoms with Crippen LogP contribution >= 0.6 is 11.6 Å². The molecule has 0 fully saturated rings. The number of nitriles is 1. The summed E-state index contributed by atoms with van der Waals surface area (Å²) in [5.41, 5.74) is 0. The van der Waals surface area contributed by atoms with Crippen molar-refractivity contribution in [1.82, 2.24) is 4.90 Å². The quantitative estimate of drug-likeness (QED) is 0.459. The molecule has 0 unspecified atom stereocenters. The van der Waals surface area contributed by atoms with Gasteiger partial charge in [-0.1, -0.05) is 11.6 Å². The Kier molecular flexibility index (Phi) is 1.40. The van der Waals surface area contributed by atoms with E-state index in [2.05, 4.69) is 0 Å². The molecule has 0 N–H and O–H groups in total. The number of hydrogen-bond acceptors (Lipinski definition) is 2. The molecule has 0 aromatic heterocycles. The molecular weight excluding hydrogens is 124 g/mol. The van der Waals surface area contributed by atoms with Crippen LogP contribution in [0.15, 0.2) is 11.2 Å². The Hall–Kier alpha value is -0.680. The molecule has 0 aliphatic carbocycles. The number of nitrogens with zero attached hydrogens (tertiary/aromatic N) is 2. The molecule has 1 heterocycles. The molecule has 1 aliphatic rings. The average molecular weight is 129 g/mol. The van der Waals surface area contributed by atoms with E-state index >= 15 is 0 Å². The maximum Gasteiger partial charge on any atom is 0.183 e.